The number of hydrogen-bond donors (Lipinski definition) is 2. The van der Waals surface area contributed by atoms with Crippen LogP contribution in [0.4, 0.5) is 0 Å². The fourth-order valence-corrected chi connectivity index (χ4v) is 2.04. The Labute approximate surface area is 123 Å². The van der Waals surface area contributed by atoms with E-state index in [-0.39, 0.29) is 24.2 Å². The first-order valence-corrected chi connectivity index (χ1v) is 6.89. The zero-order chi connectivity index (χ0) is 15.2. The summed E-state index contributed by atoms with van der Waals surface area (Å²) in [6, 6.07) is 4.85. The van der Waals surface area contributed by atoms with Gasteiger partial charge in [-0.05, 0) is 24.5 Å². The number of pyridine rings is 1. The molecule has 0 radical (unpaired) electrons. The van der Waals surface area contributed by atoms with E-state index >= 15 is 0 Å². The number of rotatable bonds is 6. The number of carbonyl (C=O) groups is 1. The van der Waals surface area contributed by atoms with Crippen molar-refractivity contribution in [1.82, 2.24) is 15.5 Å². The van der Waals surface area contributed by atoms with E-state index in [1.807, 2.05) is 13.8 Å². The summed E-state index contributed by atoms with van der Waals surface area (Å²) in [7, 11) is 0. The highest BCUT2D eigenvalue weighted by Crippen LogP contribution is 2.19. The summed E-state index contributed by atoms with van der Waals surface area (Å²) < 4.78 is 5.17. The third-order valence-electron chi connectivity index (χ3n) is 3.02. The summed E-state index contributed by atoms with van der Waals surface area (Å²) in [5.41, 5.74) is 1.00. The summed E-state index contributed by atoms with van der Waals surface area (Å²) in [5.74, 6) is 0.540. The lowest BCUT2D eigenvalue weighted by atomic mass is 10.0. The Bertz CT molecular complexity index is 581. The Balaban J connectivity index is 2.05. The van der Waals surface area contributed by atoms with Crippen LogP contribution in [0.15, 0.2) is 35.1 Å². The molecule has 1 atom stereocenters. The van der Waals surface area contributed by atoms with Crippen LogP contribution in [-0.4, -0.2) is 33.8 Å². The highest BCUT2D eigenvalue weighted by Gasteiger charge is 2.18. The fraction of sp³-hybridized carbons (Fsp3) is 0.400. The molecular formula is C15H19N3O3. The van der Waals surface area contributed by atoms with E-state index in [1.165, 1.54) is 0 Å². The molecule has 2 rings (SSSR count). The fourth-order valence-electron chi connectivity index (χ4n) is 2.04. The Hall–Kier alpha value is -2.21. The van der Waals surface area contributed by atoms with E-state index < -0.39 is 0 Å². The molecule has 0 aliphatic rings. The molecule has 0 saturated heterocycles. The van der Waals surface area contributed by atoms with Crippen LogP contribution in [-0.2, 0) is 0 Å². The zero-order valence-corrected chi connectivity index (χ0v) is 12.1. The average molecular weight is 289 g/mol. The van der Waals surface area contributed by atoms with E-state index in [2.05, 4.69) is 15.5 Å². The molecule has 6 nitrogen and oxygen atoms in total. The van der Waals surface area contributed by atoms with Crippen molar-refractivity contribution in [3.63, 3.8) is 0 Å². The predicted octanol–water partition coefficient (Wildman–Crippen LogP) is 1.87. The second kappa shape index (κ2) is 6.99. The van der Waals surface area contributed by atoms with Crippen LogP contribution in [0.2, 0.25) is 0 Å². The molecule has 0 spiro atoms. The van der Waals surface area contributed by atoms with Crippen molar-refractivity contribution in [2.75, 3.05) is 6.61 Å². The number of amides is 1. The summed E-state index contributed by atoms with van der Waals surface area (Å²) in [4.78, 5) is 16.0. The number of hydrogen-bond acceptors (Lipinski definition) is 5. The van der Waals surface area contributed by atoms with Gasteiger partial charge in [0.15, 0.2) is 11.5 Å². The van der Waals surface area contributed by atoms with Crippen molar-refractivity contribution in [2.24, 2.45) is 5.92 Å². The Morgan fingerprint density at radius 3 is 2.71 bits per heavy atom. The third-order valence-corrected chi connectivity index (χ3v) is 3.02. The molecule has 2 N–H and O–H groups in total. The Kier molecular flexibility index (Phi) is 5.05. The SMILES string of the molecule is CC(C)CC(CO)NC(=O)c1cc(-c2ccncc2)on1. The number of carbonyl (C=O) groups excluding carboxylic acids is 1. The quantitative estimate of drug-likeness (QED) is 0.847. The number of aromatic nitrogens is 2. The Morgan fingerprint density at radius 2 is 2.10 bits per heavy atom. The minimum absolute atomic E-state index is 0.0982. The minimum Gasteiger partial charge on any atom is -0.394 e. The lowest BCUT2D eigenvalue weighted by Crippen LogP contribution is -2.38. The maximum Gasteiger partial charge on any atom is 0.273 e. The number of nitrogens with zero attached hydrogens (tertiary/aromatic N) is 2. The predicted molar refractivity (Wildman–Crippen MR) is 77.5 cm³/mol. The first kappa shape index (κ1) is 15.2. The van der Waals surface area contributed by atoms with Gasteiger partial charge < -0.3 is 14.9 Å². The maximum atomic E-state index is 12.1. The first-order valence-electron chi connectivity index (χ1n) is 6.89. The van der Waals surface area contributed by atoms with Crippen molar-refractivity contribution in [2.45, 2.75) is 26.3 Å². The van der Waals surface area contributed by atoms with Crippen LogP contribution < -0.4 is 5.32 Å². The van der Waals surface area contributed by atoms with E-state index in [0.29, 0.717) is 18.1 Å². The average Bonchev–Trinajstić information content (AvgIpc) is 2.97. The van der Waals surface area contributed by atoms with Crippen molar-refractivity contribution < 1.29 is 14.4 Å². The van der Waals surface area contributed by atoms with Gasteiger partial charge in [0.05, 0.1) is 12.6 Å². The summed E-state index contributed by atoms with van der Waals surface area (Å²) in [6.45, 7) is 3.97. The van der Waals surface area contributed by atoms with Crippen LogP contribution in [0.3, 0.4) is 0 Å². The molecule has 0 saturated carbocycles. The minimum atomic E-state index is -0.348. The molecule has 112 valence electrons. The largest absolute Gasteiger partial charge is 0.394 e. The monoisotopic (exact) mass is 289 g/mol. The lowest BCUT2D eigenvalue weighted by molar-refractivity contribution is 0.0899. The van der Waals surface area contributed by atoms with Crippen LogP contribution in [0.1, 0.15) is 30.8 Å². The van der Waals surface area contributed by atoms with Crippen molar-refractivity contribution in [3.8, 4) is 11.3 Å². The summed E-state index contributed by atoms with van der Waals surface area (Å²) >= 11 is 0. The van der Waals surface area contributed by atoms with Crippen molar-refractivity contribution in [1.29, 1.82) is 0 Å². The summed E-state index contributed by atoms with van der Waals surface area (Å²) in [6.07, 6.45) is 3.99. The third kappa shape index (κ3) is 4.13. The highest BCUT2D eigenvalue weighted by atomic mass is 16.5. The van der Waals surface area contributed by atoms with Crippen molar-refractivity contribution in [3.05, 3.63) is 36.3 Å². The normalized spacial score (nSPS) is 12.4. The van der Waals surface area contributed by atoms with Crippen LogP contribution in [0, 0.1) is 5.92 Å². The topological polar surface area (TPSA) is 88.2 Å². The van der Waals surface area contributed by atoms with Gasteiger partial charge in [-0.3, -0.25) is 9.78 Å². The molecule has 1 unspecified atom stereocenters. The van der Waals surface area contributed by atoms with E-state index in [9.17, 15) is 9.90 Å². The molecule has 0 aromatic carbocycles. The lowest BCUT2D eigenvalue weighted by Gasteiger charge is -2.17. The molecule has 2 aromatic rings. The molecule has 2 heterocycles. The molecule has 1 amide bonds. The number of aliphatic hydroxyl groups excluding tert-OH is 1. The molecular weight excluding hydrogens is 270 g/mol. The van der Waals surface area contributed by atoms with Gasteiger partial charge in [-0.1, -0.05) is 19.0 Å². The van der Waals surface area contributed by atoms with Gasteiger partial charge in [0.1, 0.15) is 0 Å². The van der Waals surface area contributed by atoms with Crippen LogP contribution in [0.25, 0.3) is 11.3 Å². The molecule has 0 bridgehead atoms. The molecule has 0 aliphatic heterocycles. The van der Waals surface area contributed by atoms with Gasteiger partial charge >= 0.3 is 0 Å². The van der Waals surface area contributed by atoms with Gasteiger partial charge in [-0.15, -0.1) is 0 Å². The summed E-state index contributed by atoms with van der Waals surface area (Å²) in [5, 5.41) is 15.8. The highest BCUT2D eigenvalue weighted by molar-refractivity contribution is 5.93. The maximum absolute atomic E-state index is 12.1. The second-order valence-corrected chi connectivity index (χ2v) is 5.29. The Morgan fingerprint density at radius 1 is 1.38 bits per heavy atom. The van der Waals surface area contributed by atoms with E-state index in [0.717, 1.165) is 5.56 Å². The van der Waals surface area contributed by atoms with Crippen LogP contribution in [0.5, 0.6) is 0 Å². The molecule has 0 aliphatic carbocycles. The second-order valence-electron chi connectivity index (χ2n) is 5.29. The van der Waals surface area contributed by atoms with Gasteiger partial charge in [-0.25, -0.2) is 0 Å². The number of aliphatic hydroxyl groups is 1. The molecule has 21 heavy (non-hydrogen) atoms. The molecule has 2 aromatic heterocycles. The van der Waals surface area contributed by atoms with Crippen molar-refractivity contribution >= 4 is 5.91 Å². The van der Waals surface area contributed by atoms with Crippen LogP contribution >= 0.6 is 0 Å². The van der Waals surface area contributed by atoms with Gasteiger partial charge in [0.25, 0.3) is 5.91 Å². The molecule has 6 heteroatoms. The number of nitrogens with one attached hydrogen (secondary N) is 1. The van der Waals surface area contributed by atoms with Gasteiger partial charge in [-0.2, -0.15) is 0 Å². The van der Waals surface area contributed by atoms with Gasteiger partial charge in [0, 0.05) is 24.0 Å². The van der Waals surface area contributed by atoms with E-state index in [4.69, 9.17) is 4.52 Å². The van der Waals surface area contributed by atoms with E-state index in [1.54, 1.807) is 30.6 Å². The zero-order valence-electron chi connectivity index (χ0n) is 12.1. The first-order chi connectivity index (χ1) is 10.1. The molecule has 0 fully saturated rings. The van der Waals surface area contributed by atoms with Gasteiger partial charge in [0.2, 0.25) is 0 Å². The standard InChI is InChI=1S/C15H19N3O3/c1-10(2)7-12(9-19)17-15(20)13-8-14(21-18-13)11-3-5-16-6-4-11/h3-6,8,10,12,19H,7,9H2,1-2H3,(H,17,20). The smallest absolute Gasteiger partial charge is 0.273 e.